The van der Waals surface area contributed by atoms with Crippen molar-refractivity contribution >= 4 is 15.7 Å². The Kier molecular flexibility index (Phi) is 7.15. The molecule has 182 valence electrons. The Hall–Kier alpha value is -3.02. The number of nitrogens with zero attached hydrogens (tertiary/aromatic N) is 5. The highest BCUT2D eigenvalue weighted by atomic mass is 32.2. The molecule has 1 aromatic heterocycles. The summed E-state index contributed by atoms with van der Waals surface area (Å²) in [6.45, 7) is 7.92. The first kappa shape index (κ1) is 24.1. The van der Waals surface area contributed by atoms with Crippen LogP contribution in [-0.2, 0) is 16.6 Å². The van der Waals surface area contributed by atoms with Gasteiger partial charge in [0.2, 0.25) is 10.0 Å². The van der Waals surface area contributed by atoms with Gasteiger partial charge in [-0.25, -0.2) is 17.5 Å². The Bertz CT molecular complexity index is 1240. The summed E-state index contributed by atoms with van der Waals surface area (Å²) in [6, 6.07) is 12.2. The van der Waals surface area contributed by atoms with Gasteiger partial charge in [-0.2, -0.15) is 0 Å². The Labute approximate surface area is 199 Å². The standard InChI is InChI=1S/C23H29FN6O3S/c1-4-30-22(17(2)27-34(31,32)21-10-5-7-18(24)15-21)25-26-23(30)33-20-9-6-8-19(16-20)29-13-11-28(3)12-14-29/h5-10,15-17,27H,4,11-14H2,1-3H3/t17-/m1/s1. The van der Waals surface area contributed by atoms with Gasteiger partial charge < -0.3 is 14.5 Å². The summed E-state index contributed by atoms with van der Waals surface area (Å²) < 4.78 is 49.2. The molecule has 2 aromatic carbocycles. The number of ether oxygens (including phenoxy) is 1. The van der Waals surface area contributed by atoms with E-state index in [2.05, 4.69) is 37.8 Å². The average molecular weight is 489 g/mol. The number of hydrogen-bond donors (Lipinski definition) is 1. The summed E-state index contributed by atoms with van der Waals surface area (Å²) in [5, 5.41) is 8.32. The molecule has 0 bridgehead atoms. The number of rotatable bonds is 8. The molecule has 1 atom stereocenters. The maximum absolute atomic E-state index is 13.5. The molecule has 11 heteroatoms. The Morgan fingerprint density at radius 2 is 1.82 bits per heavy atom. The van der Waals surface area contributed by atoms with Crippen LogP contribution in [0.3, 0.4) is 0 Å². The van der Waals surface area contributed by atoms with E-state index in [1.165, 1.54) is 18.2 Å². The van der Waals surface area contributed by atoms with Crippen molar-refractivity contribution in [3.63, 3.8) is 0 Å². The van der Waals surface area contributed by atoms with Gasteiger partial charge in [0.15, 0.2) is 5.82 Å². The van der Waals surface area contributed by atoms with Crippen molar-refractivity contribution in [2.24, 2.45) is 0 Å². The molecular formula is C23H29FN6O3S. The van der Waals surface area contributed by atoms with Crippen molar-refractivity contribution in [3.8, 4) is 11.8 Å². The van der Waals surface area contributed by atoms with Crippen LogP contribution in [0.2, 0.25) is 0 Å². The maximum Gasteiger partial charge on any atom is 0.322 e. The highest BCUT2D eigenvalue weighted by Crippen LogP contribution is 2.27. The predicted molar refractivity (Wildman–Crippen MR) is 127 cm³/mol. The zero-order valence-corrected chi connectivity index (χ0v) is 20.3. The summed E-state index contributed by atoms with van der Waals surface area (Å²) in [5.41, 5.74) is 1.07. The lowest BCUT2D eigenvalue weighted by Crippen LogP contribution is -2.44. The molecule has 1 fully saturated rings. The van der Waals surface area contributed by atoms with E-state index in [4.69, 9.17) is 4.74 Å². The Morgan fingerprint density at radius 3 is 2.53 bits per heavy atom. The van der Waals surface area contributed by atoms with Gasteiger partial charge in [-0.15, -0.1) is 5.10 Å². The normalized spacial score (nSPS) is 15.9. The van der Waals surface area contributed by atoms with Gasteiger partial charge in [0.1, 0.15) is 11.6 Å². The molecule has 0 radical (unpaired) electrons. The number of nitrogens with one attached hydrogen (secondary N) is 1. The quantitative estimate of drug-likeness (QED) is 0.521. The van der Waals surface area contributed by atoms with Crippen molar-refractivity contribution in [1.82, 2.24) is 24.4 Å². The second kappa shape index (κ2) is 10.1. The number of likely N-dealkylation sites (N-methyl/N-ethyl adjacent to an activating group) is 1. The predicted octanol–water partition coefficient (Wildman–Crippen LogP) is 3.02. The second-order valence-corrected chi connectivity index (χ2v) is 9.99. The first-order valence-corrected chi connectivity index (χ1v) is 12.7. The van der Waals surface area contributed by atoms with Crippen molar-refractivity contribution in [2.45, 2.75) is 31.3 Å². The number of piperazine rings is 1. The van der Waals surface area contributed by atoms with Crippen molar-refractivity contribution in [3.05, 3.63) is 60.2 Å². The third-order valence-electron chi connectivity index (χ3n) is 5.78. The fourth-order valence-electron chi connectivity index (χ4n) is 3.89. The molecule has 1 N–H and O–H groups in total. The minimum absolute atomic E-state index is 0.154. The van der Waals surface area contributed by atoms with Gasteiger partial charge >= 0.3 is 6.01 Å². The minimum atomic E-state index is -3.95. The molecule has 1 aliphatic rings. The van der Waals surface area contributed by atoms with Crippen molar-refractivity contribution < 1.29 is 17.5 Å². The van der Waals surface area contributed by atoms with Crippen LogP contribution in [-0.4, -0.2) is 61.3 Å². The van der Waals surface area contributed by atoms with E-state index in [9.17, 15) is 12.8 Å². The molecule has 2 heterocycles. The third-order valence-corrected chi connectivity index (χ3v) is 7.32. The molecular weight excluding hydrogens is 459 g/mol. The molecule has 0 amide bonds. The summed E-state index contributed by atoms with van der Waals surface area (Å²) in [7, 11) is -1.83. The second-order valence-electron chi connectivity index (χ2n) is 8.28. The highest BCUT2D eigenvalue weighted by molar-refractivity contribution is 7.89. The smallest absolute Gasteiger partial charge is 0.322 e. The molecule has 9 nitrogen and oxygen atoms in total. The van der Waals surface area contributed by atoms with Crippen LogP contribution in [0, 0.1) is 5.82 Å². The summed E-state index contributed by atoms with van der Waals surface area (Å²) in [4.78, 5) is 4.46. The molecule has 0 unspecified atom stereocenters. The number of sulfonamides is 1. The van der Waals surface area contributed by atoms with E-state index in [1.807, 2.05) is 25.1 Å². The monoisotopic (exact) mass is 488 g/mol. The van der Waals surface area contributed by atoms with Crippen molar-refractivity contribution in [1.29, 1.82) is 0 Å². The molecule has 0 spiro atoms. The molecule has 1 aliphatic heterocycles. The van der Waals surface area contributed by atoms with Crippen LogP contribution in [0.5, 0.6) is 11.8 Å². The van der Waals surface area contributed by atoms with E-state index in [0.717, 1.165) is 37.9 Å². The van der Waals surface area contributed by atoms with Crippen LogP contribution >= 0.6 is 0 Å². The molecule has 0 aliphatic carbocycles. The summed E-state index contributed by atoms with van der Waals surface area (Å²) in [6.07, 6.45) is 0. The molecule has 1 saturated heterocycles. The first-order chi connectivity index (χ1) is 16.3. The van der Waals surface area contributed by atoms with Gasteiger partial charge in [0, 0.05) is 44.5 Å². The lowest BCUT2D eigenvalue weighted by atomic mass is 10.2. The fraction of sp³-hybridized carbons (Fsp3) is 0.391. The zero-order valence-electron chi connectivity index (χ0n) is 19.5. The van der Waals surface area contributed by atoms with Gasteiger partial charge in [-0.3, -0.25) is 4.57 Å². The fourth-order valence-corrected chi connectivity index (χ4v) is 5.13. The largest absolute Gasteiger partial charge is 0.424 e. The van der Waals surface area contributed by atoms with Crippen LogP contribution in [0.1, 0.15) is 25.7 Å². The first-order valence-electron chi connectivity index (χ1n) is 11.2. The average Bonchev–Trinajstić information content (AvgIpc) is 3.22. The van der Waals surface area contributed by atoms with E-state index < -0.39 is 21.9 Å². The van der Waals surface area contributed by atoms with Gasteiger partial charge in [-0.1, -0.05) is 17.2 Å². The van der Waals surface area contributed by atoms with Gasteiger partial charge in [0.05, 0.1) is 10.9 Å². The highest BCUT2D eigenvalue weighted by Gasteiger charge is 2.24. The number of benzene rings is 2. The van der Waals surface area contributed by atoms with E-state index >= 15 is 0 Å². The number of halogens is 1. The molecule has 0 saturated carbocycles. The Balaban J connectivity index is 1.51. The Morgan fingerprint density at radius 1 is 1.09 bits per heavy atom. The maximum atomic E-state index is 13.5. The number of hydrogen-bond acceptors (Lipinski definition) is 7. The van der Waals surface area contributed by atoms with E-state index in [0.29, 0.717) is 18.1 Å². The lowest BCUT2D eigenvalue weighted by Gasteiger charge is -2.34. The minimum Gasteiger partial charge on any atom is -0.424 e. The molecule has 3 aromatic rings. The summed E-state index contributed by atoms with van der Waals surface area (Å²) in [5.74, 6) is 0.396. The molecule has 34 heavy (non-hydrogen) atoms. The topological polar surface area (TPSA) is 92.6 Å². The van der Waals surface area contributed by atoms with E-state index in [1.54, 1.807) is 11.5 Å². The van der Waals surface area contributed by atoms with Crippen LogP contribution in [0.4, 0.5) is 10.1 Å². The SMILES string of the molecule is CCn1c(Oc2cccc(N3CCN(C)CC3)c2)nnc1[C@@H](C)NS(=O)(=O)c1cccc(F)c1. The van der Waals surface area contributed by atoms with E-state index in [-0.39, 0.29) is 10.9 Å². The van der Waals surface area contributed by atoms with Crippen LogP contribution < -0.4 is 14.4 Å². The third kappa shape index (κ3) is 5.37. The number of anilines is 1. The lowest BCUT2D eigenvalue weighted by molar-refractivity contribution is 0.312. The summed E-state index contributed by atoms with van der Waals surface area (Å²) >= 11 is 0. The number of aromatic nitrogens is 3. The zero-order chi connectivity index (χ0) is 24.3. The van der Waals surface area contributed by atoms with Crippen molar-refractivity contribution in [2.75, 3.05) is 38.1 Å². The van der Waals surface area contributed by atoms with Gasteiger partial charge in [-0.05, 0) is 51.2 Å². The van der Waals surface area contributed by atoms with Crippen LogP contribution in [0.25, 0.3) is 0 Å². The van der Waals surface area contributed by atoms with Crippen LogP contribution in [0.15, 0.2) is 53.4 Å². The molecule has 4 rings (SSSR count). The van der Waals surface area contributed by atoms with Gasteiger partial charge in [0.25, 0.3) is 0 Å².